The number of likely N-dealkylation sites (tertiary alicyclic amines) is 1. The lowest BCUT2D eigenvalue weighted by molar-refractivity contribution is 0.0211. The number of aliphatic hydroxyl groups is 1. The van der Waals surface area contributed by atoms with Crippen LogP contribution in [0.1, 0.15) is 53.0 Å². The number of carbonyl (C=O) groups is 2. The van der Waals surface area contributed by atoms with E-state index in [4.69, 9.17) is 0 Å². The summed E-state index contributed by atoms with van der Waals surface area (Å²) < 4.78 is 0. The largest absolute Gasteiger partial charge is 0.390 e. The van der Waals surface area contributed by atoms with Gasteiger partial charge in [0.2, 0.25) is 0 Å². The van der Waals surface area contributed by atoms with Crippen molar-refractivity contribution in [2.45, 2.75) is 38.7 Å². The molecule has 1 aromatic rings. The van der Waals surface area contributed by atoms with Crippen LogP contribution in [-0.2, 0) is 6.42 Å². The fraction of sp³-hybridized carbons (Fsp3) is 0.529. The molecule has 4 nitrogen and oxygen atoms in total. The fourth-order valence-corrected chi connectivity index (χ4v) is 3.38. The first-order valence-corrected chi connectivity index (χ1v) is 7.54. The van der Waals surface area contributed by atoms with Crippen molar-refractivity contribution in [1.82, 2.24) is 4.90 Å². The number of hydrogen-bond donors (Lipinski definition) is 1. The predicted molar refractivity (Wildman–Crippen MR) is 79.4 cm³/mol. The summed E-state index contributed by atoms with van der Waals surface area (Å²) in [5, 5.41) is 10.1. The average molecular weight is 287 g/mol. The lowest BCUT2D eigenvalue weighted by atomic mass is 9.90. The van der Waals surface area contributed by atoms with Gasteiger partial charge in [0.25, 0.3) is 5.91 Å². The van der Waals surface area contributed by atoms with Crippen molar-refractivity contribution in [3.63, 3.8) is 0 Å². The normalized spacial score (nSPS) is 21.8. The highest BCUT2D eigenvalue weighted by Gasteiger charge is 2.36. The Kier molecular flexibility index (Phi) is 3.36. The molecule has 0 saturated carbocycles. The first-order valence-electron chi connectivity index (χ1n) is 7.54. The molecular weight excluding hydrogens is 266 g/mol. The van der Waals surface area contributed by atoms with Gasteiger partial charge in [0.15, 0.2) is 5.78 Å². The van der Waals surface area contributed by atoms with Crippen LogP contribution in [-0.4, -0.2) is 40.4 Å². The summed E-state index contributed by atoms with van der Waals surface area (Å²) >= 11 is 0. The van der Waals surface area contributed by atoms with Gasteiger partial charge in [-0.3, -0.25) is 9.59 Å². The zero-order valence-corrected chi connectivity index (χ0v) is 12.6. The Morgan fingerprint density at radius 2 is 2.10 bits per heavy atom. The Hall–Kier alpha value is -1.68. The van der Waals surface area contributed by atoms with Crippen molar-refractivity contribution in [3.8, 4) is 0 Å². The summed E-state index contributed by atoms with van der Waals surface area (Å²) in [5.41, 5.74) is 1.51. The van der Waals surface area contributed by atoms with Crippen LogP contribution in [0.5, 0.6) is 0 Å². The molecular formula is C17H21NO3. The number of benzene rings is 1. The van der Waals surface area contributed by atoms with Gasteiger partial charge in [0.05, 0.1) is 5.60 Å². The van der Waals surface area contributed by atoms with Gasteiger partial charge in [-0.1, -0.05) is 12.1 Å². The molecule has 0 aromatic heterocycles. The molecule has 3 rings (SSSR count). The van der Waals surface area contributed by atoms with E-state index in [1.165, 1.54) is 0 Å². The smallest absolute Gasteiger partial charge is 0.254 e. The maximum atomic E-state index is 12.7. The minimum absolute atomic E-state index is 0.00620. The van der Waals surface area contributed by atoms with Gasteiger partial charge >= 0.3 is 0 Å². The molecule has 1 saturated heterocycles. The van der Waals surface area contributed by atoms with E-state index >= 15 is 0 Å². The minimum Gasteiger partial charge on any atom is -0.390 e. The van der Waals surface area contributed by atoms with Gasteiger partial charge in [-0.05, 0) is 38.3 Å². The van der Waals surface area contributed by atoms with E-state index in [-0.39, 0.29) is 17.6 Å². The molecule has 21 heavy (non-hydrogen) atoms. The number of hydrogen-bond acceptors (Lipinski definition) is 3. The SMILES string of the molecule is CC(C)(O)[C@@H]1CCN(C(=O)c2cccc3c2CCC3=O)C1. The molecule has 0 bridgehead atoms. The number of Topliss-reactive ketones (excluding diaryl/α,β-unsaturated/α-hetero) is 1. The van der Waals surface area contributed by atoms with Gasteiger partial charge in [-0.25, -0.2) is 0 Å². The lowest BCUT2D eigenvalue weighted by Gasteiger charge is -2.25. The first kappa shape index (κ1) is 14.3. The van der Waals surface area contributed by atoms with E-state index in [1.807, 2.05) is 12.1 Å². The number of ketones is 1. The maximum Gasteiger partial charge on any atom is 0.254 e. The molecule has 4 heteroatoms. The van der Waals surface area contributed by atoms with Crippen molar-refractivity contribution in [1.29, 1.82) is 0 Å². The summed E-state index contributed by atoms with van der Waals surface area (Å²) in [6.07, 6.45) is 1.99. The van der Waals surface area contributed by atoms with Crippen molar-refractivity contribution in [2.24, 2.45) is 5.92 Å². The van der Waals surface area contributed by atoms with Crippen LogP contribution in [0.15, 0.2) is 18.2 Å². The zero-order valence-electron chi connectivity index (χ0n) is 12.6. The van der Waals surface area contributed by atoms with E-state index in [0.717, 1.165) is 12.0 Å². The van der Waals surface area contributed by atoms with E-state index in [0.29, 0.717) is 37.1 Å². The van der Waals surface area contributed by atoms with E-state index < -0.39 is 5.60 Å². The summed E-state index contributed by atoms with van der Waals surface area (Å²) in [6, 6.07) is 5.42. The molecule has 0 spiro atoms. The lowest BCUT2D eigenvalue weighted by Crippen LogP contribution is -2.35. The third-order valence-electron chi connectivity index (χ3n) is 4.78. The van der Waals surface area contributed by atoms with Gasteiger partial charge in [0, 0.05) is 36.6 Å². The average Bonchev–Trinajstić information content (AvgIpc) is 3.05. The minimum atomic E-state index is -0.760. The van der Waals surface area contributed by atoms with E-state index in [1.54, 1.807) is 24.8 Å². The molecule has 0 radical (unpaired) electrons. The second kappa shape index (κ2) is 4.95. The standard InChI is InChI=1S/C17H21NO3/c1-17(2,21)11-8-9-18(10-11)16(20)14-5-3-4-13-12(14)6-7-15(13)19/h3-5,11,21H,6-10H2,1-2H3/t11-/m1/s1. The summed E-state index contributed by atoms with van der Waals surface area (Å²) in [6.45, 7) is 4.85. The van der Waals surface area contributed by atoms with Gasteiger partial charge in [-0.2, -0.15) is 0 Å². The molecule has 1 aliphatic heterocycles. The van der Waals surface area contributed by atoms with Crippen molar-refractivity contribution < 1.29 is 14.7 Å². The molecule has 1 fully saturated rings. The van der Waals surface area contributed by atoms with Crippen molar-refractivity contribution >= 4 is 11.7 Å². The number of carbonyl (C=O) groups excluding carboxylic acids is 2. The third-order valence-corrected chi connectivity index (χ3v) is 4.78. The van der Waals surface area contributed by atoms with Crippen LogP contribution in [0.2, 0.25) is 0 Å². The van der Waals surface area contributed by atoms with E-state index in [2.05, 4.69) is 0 Å². The van der Waals surface area contributed by atoms with Crippen molar-refractivity contribution in [2.75, 3.05) is 13.1 Å². The van der Waals surface area contributed by atoms with Crippen LogP contribution < -0.4 is 0 Å². The molecule has 1 atom stereocenters. The molecule has 1 heterocycles. The van der Waals surface area contributed by atoms with Crippen LogP contribution in [0, 0.1) is 5.92 Å². The summed E-state index contributed by atoms with van der Waals surface area (Å²) in [4.78, 5) is 26.3. The Balaban J connectivity index is 1.83. The van der Waals surface area contributed by atoms with Crippen LogP contribution in [0.25, 0.3) is 0 Å². The Morgan fingerprint density at radius 3 is 2.76 bits per heavy atom. The monoisotopic (exact) mass is 287 g/mol. The number of nitrogens with zero attached hydrogens (tertiary/aromatic N) is 1. The third kappa shape index (κ3) is 2.48. The number of rotatable bonds is 2. The summed E-state index contributed by atoms with van der Waals surface area (Å²) in [7, 11) is 0. The van der Waals surface area contributed by atoms with Gasteiger partial charge in [0.1, 0.15) is 0 Å². The topological polar surface area (TPSA) is 57.6 Å². The highest BCUT2D eigenvalue weighted by molar-refractivity contribution is 6.05. The summed E-state index contributed by atoms with van der Waals surface area (Å²) in [5.74, 6) is 0.239. The van der Waals surface area contributed by atoms with Gasteiger partial charge in [-0.15, -0.1) is 0 Å². The Labute approximate surface area is 124 Å². The van der Waals surface area contributed by atoms with Gasteiger partial charge < -0.3 is 10.0 Å². The molecule has 1 N–H and O–H groups in total. The van der Waals surface area contributed by atoms with Crippen LogP contribution in [0.4, 0.5) is 0 Å². The molecule has 1 aliphatic carbocycles. The molecule has 2 aliphatic rings. The Morgan fingerprint density at radius 1 is 1.33 bits per heavy atom. The van der Waals surface area contributed by atoms with Crippen LogP contribution in [0.3, 0.4) is 0 Å². The second-order valence-electron chi connectivity index (χ2n) is 6.65. The zero-order chi connectivity index (χ0) is 15.2. The number of amides is 1. The Bertz CT molecular complexity index is 601. The second-order valence-corrected chi connectivity index (χ2v) is 6.65. The van der Waals surface area contributed by atoms with E-state index in [9.17, 15) is 14.7 Å². The molecule has 0 unspecified atom stereocenters. The maximum absolute atomic E-state index is 12.7. The quantitative estimate of drug-likeness (QED) is 0.905. The molecule has 112 valence electrons. The highest BCUT2D eigenvalue weighted by atomic mass is 16.3. The fourth-order valence-electron chi connectivity index (χ4n) is 3.38. The number of fused-ring (bicyclic) bond motifs is 1. The highest BCUT2D eigenvalue weighted by Crippen LogP contribution is 2.30. The predicted octanol–water partition coefficient (Wildman–Crippen LogP) is 2.05. The first-order chi connectivity index (χ1) is 9.88. The van der Waals surface area contributed by atoms with Crippen molar-refractivity contribution in [3.05, 3.63) is 34.9 Å². The molecule has 1 aromatic carbocycles. The molecule has 1 amide bonds. The van der Waals surface area contributed by atoms with Crippen LogP contribution >= 0.6 is 0 Å².